The van der Waals surface area contributed by atoms with Gasteiger partial charge in [0.15, 0.2) is 6.04 Å². The number of aliphatic imine (C=N–C) groups is 1. The zero-order chi connectivity index (χ0) is 9.14. The van der Waals surface area contributed by atoms with Crippen LogP contribution in [0, 0.1) is 22.7 Å². The van der Waals surface area contributed by atoms with Crippen LogP contribution >= 0.6 is 0 Å². The maximum Gasteiger partial charge on any atom is 0.245 e. The van der Waals surface area contributed by atoms with E-state index < -0.39 is 12.1 Å². The van der Waals surface area contributed by atoms with Crippen LogP contribution in [0.5, 0.6) is 0 Å². The van der Waals surface area contributed by atoms with Gasteiger partial charge in [-0.25, -0.2) is 0 Å². The van der Waals surface area contributed by atoms with Crippen molar-refractivity contribution in [2.45, 2.75) is 19.0 Å². The number of rotatable bonds is 0. The summed E-state index contributed by atoms with van der Waals surface area (Å²) in [6.07, 6.45) is 0. The number of carbonyl (C=O) groups excluding carboxylic acids is 1. The summed E-state index contributed by atoms with van der Waals surface area (Å²) in [5.41, 5.74) is 0.0737. The smallest absolute Gasteiger partial charge is 0.245 e. The molecule has 0 radical (unpaired) electrons. The molecule has 2 unspecified atom stereocenters. The van der Waals surface area contributed by atoms with Crippen molar-refractivity contribution in [3.8, 4) is 12.1 Å². The molecule has 2 atom stereocenters. The minimum Gasteiger partial charge on any atom is -0.333 e. The van der Waals surface area contributed by atoms with Crippen LogP contribution in [-0.4, -0.2) is 23.7 Å². The lowest BCUT2D eigenvalue weighted by Gasteiger charge is -2.18. The Morgan fingerprint density at radius 1 is 1.58 bits per heavy atom. The van der Waals surface area contributed by atoms with E-state index in [1.165, 1.54) is 0 Å². The number of nitrogens with one attached hydrogen (secondary N) is 1. The molecule has 1 amide bonds. The summed E-state index contributed by atoms with van der Waals surface area (Å²) < 4.78 is 0. The quantitative estimate of drug-likeness (QED) is 0.513. The first-order valence-corrected chi connectivity index (χ1v) is 3.37. The summed E-state index contributed by atoms with van der Waals surface area (Å²) in [7, 11) is 0. The average molecular weight is 162 g/mol. The first-order chi connectivity index (χ1) is 5.69. The summed E-state index contributed by atoms with van der Waals surface area (Å²) >= 11 is 0. The molecule has 60 valence electrons. The molecule has 0 bridgehead atoms. The minimum atomic E-state index is -0.876. The Hall–Kier alpha value is -1.88. The standard InChI is InChI=1S/C7H6N4O/c1-4-7(12)11-6(3-9)5(2-8)10-4/h4,6H,1H3,(H,11,12). The molecule has 1 N–H and O–H groups in total. The fraction of sp³-hybridized carbons (Fsp3) is 0.429. The third-order valence-electron chi connectivity index (χ3n) is 1.52. The third kappa shape index (κ3) is 1.25. The Morgan fingerprint density at radius 3 is 2.75 bits per heavy atom. The zero-order valence-electron chi connectivity index (χ0n) is 6.40. The van der Waals surface area contributed by atoms with Gasteiger partial charge in [0.2, 0.25) is 5.91 Å². The van der Waals surface area contributed by atoms with E-state index >= 15 is 0 Å². The van der Waals surface area contributed by atoms with E-state index in [0.29, 0.717) is 0 Å². The Bertz CT molecular complexity index is 319. The van der Waals surface area contributed by atoms with Gasteiger partial charge in [0.25, 0.3) is 0 Å². The largest absolute Gasteiger partial charge is 0.333 e. The molecule has 1 heterocycles. The van der Waals surface area contributed by atoms with Gasteiger partial charge in [-0.3, -0.25) is 9.79 Å². The molecule has 5 nitrogen and oxygen atoms in total. The van der Waals surface area contributed by atoms with Crippen molar-refractivity contribution in [2.24, 2.45) is 4.99 Å². The van der Waals surface area contributed by atoms with Crippen LogP contribution in [0.3, 0.4) is 0 Å². The van der Waals surface area contributed by atoms with Crippen LogP contribution in [0.15, 0.2) is 4.99 Å². The maximum atomic E-state index is 10.9. The predicted molar refractivity (Wildman–Crippen MR) is 40.1 cm³/mol. The number of amides is 1. The van der Waals surface area contributed by atoms with Crippen LogP contribution in [0.1, 0.15) is 6.92 Å². The molecule has 1 aliphatic heterocycles. The molecule has 0 saturated carbocycles. The number of hydrogen-bond donors (Lipinski definition) is 1. The highest BCUT2D eigenvalue weighted by Crippen LogP contribution is 2.01. The van der Waals surface area contributed by atoms with Crippen LogP contribution in [0.25, 0.3) is 0 Å². The topological polar surface area (TPSA) is 89.0 Å². The second-order valence-corrected chi connectivity index (χ2v) is 2.37. The third-order valence-corrected chi connectivity index (χ3v) is 1.52. The highest BCUT2D eigenvalue weighted by atomic mass is 16.2. The van der Waals surface area contributed by atoms with E-state index in [1.807, 2.05) is 0 Å². The molecule has 1 rings (SSSR count). The van der Waals surface area contributed by atoms with E-state index in [4.69, 9.17) is 10.5 Å². The van der Waals surface area contributed by atoms with Gasteiger partial charge in [-0.15, -0.1) is 0 Å². The molecular weight excluding hydrogens is 156 g/mol. The summed E-state index contributed by atoms with van der Waals surface area (Å²) in [6.45, 7) is 1.57. The molecule has 0 fully saturated rings. The van der Waals surface area contributed by atoms with E-state index in [0.717, 1.165) is 0 Å². The first-order valence-electron chi connectivity index (χ1n) is 3.37. The van der Waals surface area contributed by atoms with E-state index in [1.54, 1.807) is 19.1 Å². The lowest BCUT2D eigenvalue weighted by Crippen LogP contribution is -2.48. The Balaban J connectivity index is 2.99. The minimum absolute atomic E-state index is 0.0737. The molecule has 0 saturated heterocycles. The fourth-order valence-corrected chi connectivity index (χ4v) is 0.860. The SMILES string of the molecule is CC1N=C(C#N)C(C#N)NC1=O. The molecule has 0 aromatic heterocycles. The van der Waals surface area contributed by atoms with E-state index in [2.05, 4.69) is 10.3 Å². The van der Waals surface area contributed by atoms with Gasteiger partial charge in [0, 0.05) is 0 Å². The van der Waals surface area contributed by atoms with Crippen LogP contribution in [-0.2, 0) is 4.79 Å². The Kier molecular flexibility index (Phi) is 2.07. The molecular formula is C7H6N4O. The van der Waals surface area contributed by atoms with Crippen molar-refractivity contribution in [3.05, 3.63) is 0 Å². The maximum absolute atomic E-state index is 10.9. The zero-order valence-corrected chi connectivity index (χ0v) is 6.40. The lowest BCUT2D eigenvalue weighted by atomic mass is 10.1. The molecule has 0 aromatic rings. The number of nitrogens with zero attached hydrogens (tertiary/aromatic N) is 3. The predicted octanol–water partition coefficient (Wildman–Crippen LogP) is -0.639. The fourth-order valence-electron chi connectivity index (χ4n) is 0.860. The normalized spacial score (nSPS) is 27.9. The highest BCUT2D eigenvalue weighted by Gasteiger charge is 2.27. The molecule has 0 spiro atoms. The van der Waals surface area contributed by atoms with Crippen molar-refractivity contribution >= 4 is 11.6 Å². The number of nitriles is 2. The molecule has 12 heavy (non-hydrogen) atoms. The highest BCUT2D eigenvalue weighted by molar-refractivity contribution is 6.09. The summed E-state index contributed by atoms with van der Waals surface area (Å²) in [5.74, 6) is -0.319. The molecule has 0 aliphatic carbocycles. The van der Waals surface area contributed by atoms with Gasteiger partial charge < -0.3 is 5.32 Å². The van der Waals surface area contributed by atoms with Crippen LogP contribution in [0.2, 0.25) is 0 Å². The van der Waals surface area contributed by atoms with Gasteiger partial charge in [0.05, 0.1) is 6.07 Å². The molecule has 5 heteroatoms. The van der Waals surface area contributed by atoms with Crippen molar-refractivity contribution in [1.82, 2.24) is 5.32 Å². The van der Waals surface area contributed by atoms with Gasteiger partial charge in [-0.05, 0) is 6.92 Å². The average Bonchev–Trinajstić information content (AvgIpc) is 2.09. The van der Waals surface area contributed by atoms with Crippen LogP contribution in [0.4, 0.5) is 0 Å². The van der Waals surface area contributed by atoms with Crippen LogP contribution < -0.4 is 5.32 Å². The number of carbonyl (C=O) groups is 1. The van der Waals surface area contributed by atoms with Crippen molar-refractivity contribution in [2.75, 3.05) is 0 Å². The van der Waals surface area contributed by atoms with Crippen molar-refractivity contribution < 1.29 is 4.79 Å². The van der Waals surface area contributed by atoms with Crippen molar-refractivity contribution in [1.29, 1.82) is 10.5 Å². The lowest BCUT2D eigenvalue weighted by molar-refractivity contribution is -0.122. The summed E-state index contributed by atoms with van der Waals surface area (Å²) in [5, 5.41) is 19.4. The number of hydrogen-bond acceptors (Lipinski definition) is 4. The molecule has 0 aromatic carbocycles. The Morgan fingerprint density at radius 2 is 2.25 bits per heavy atom. The summed E-state index contributed by atoms with van der Waals surface area (Å²) in [6, 6.07) is 2.10. The second kappa shape index (κ2) is 3.02. The monoisotopic (exact) mass is 162 g/mol. The second-order valence-electron chi connectivity index (χ2n) is 2.37. The Labute approximate surface area is 69.3 Å². The first kappa shape index (κ1) is 8.22. The van der Waals surface area contributed by atoms with Gasteiger partial charge in [-0.2, -0.15) is 10.5 Å². The van der Waals surface area contributed by atoms with Gasteiger partial charge >= 0.3 is 0 Å². The summed E-state index contributed by atoms with van der Waals surface area (Å²) in [4.78, 5) is 14.7. The van der Waals surface area contributed by atoms with E-state index in [9.17, 15) is 4.79 Å². The van der Waals surface area contributed by atoms with Gasteiger partial charge in [0.1, 0.15) is 17.8 Å². The van der Waals surface area contributed by atoms with Crippen molar-refractivity contribution in [3.63, 3.8) is 0 Å². The van der Waals surface area contributed by atoms with Gasteiger partial charge in [-0.1, -0.05) is 0 Å². The van der Waals surface area contributed by atoms with E-state index in [-0.39, 0.29) is 11.6 Å². The molecule has 1 aliphatic rings.